The lowest BCUT2D eigenvalue weighted by molar-refractivity contribution is -0.138. The number of hydrogen-bond acceptors (Lipinski definition) is 3. The van der Waals surface area contributed by atoms with E-state index >= 15 is 0 Å². The van der Waals surface area contributed by atoms with Gasteiger partial charge in [-0.3, -0.25) is 14.8 Å². The van der Waals surface area contributed by atoms with Gasteiger partial charge in [0.25, 0.3) is 5.91 Å². The van der Waals surface area contributed by atoms with E-state index in [0.29, 0.717) is 16.6 Å². The van der Waals surface area contributed by atoms with Crippen LogP contribution in [0, 0.1) is 6.92 Å². The number of aryl methyl sites for hydroxylation is 1. The van der Waals surface area contributed by atoms with Gasteiger partial charge < -0.3 is 5.32 Å². The third-order valence-electron chi connectivity index (χ3n) is 4.97. The van der Waals surface area contributed by atoms with E-state index in [0.717, 1.165) is 17.0 Å². The number of aromatic nitrogens is 2. The van der Waals surface area contributed by atoms with Gasteiger partial charge in [-0.1, -0.05) is 42.0 Å². The number of rotatable bonds is 4. The van der Waals surface area contributed by atoms with Crippen molar-refractivity contribution in [2.45, 2.75) is 19.1 Å². The van der Waals surface area contributed by atoms with Gasteiger partial charge in [0.2, 0.25) is 0 Å². The van der Waals surface area contributed by atoms with Crippen LogP contribution < -0.4 is 5.32 Å². The quantitative estimate of drug-likeness (QED) is 0.475. The number of hydrogen-bond donors (Lipinski definition) is 1. The number of nitrogens with zero attached hydrogens (tertiary/aromatic N) is 2. The highest BCUT2D eigenvalue weighted by Crippen LogP contribution is 2.35. The fraction of sp³-hybridized carbons (Fsp3) is 0.125. The van der Waals surface area contributed by atoms with Crippen molar-refractivity contribution in [3.05, 3.63) is 107 Å². The molecule has 7 heteroatoms. The molecule has 1 amide bonds. The molecule has 0 saturated carbocycles. The van der Waals surface area contributed by atoms with Gasteiger partial charge >= 0.3 is 6.18 Å². The van der Waals surface area contributed by atoms with Crippen molar-refractivity contribution >= 4 is 16.8 Å². The highest BCUT2D eigenvalue weighted by molar-refractivity contribution is 5.98. The number of alkyl halides is 3. The summed E-state index contributed by atoms with van der Waals surface area (Å²) in [5.41, 5.74) is 1.23. The van der Waals surface area contributed by atoms with Crippen molar-refractivity contribution in [1.29, 1.82) is 0 Å². The molecule has 1 N–H and O–H groups in total. The van der Waals surface area contributed by atoms with Crippen LogP contribution in [-0.4, -0.2) is 15.9 Å². The van der Waals surface area contributed by atoms with Crippen molar-refractivity contribution in [2.24, 2.45) is 0 Å². The van der Waals surface area contributed by atoms with Crippen molar-refractivity contribution in [3.8, 4) is 0 Å². The predicted octanol–water partition coefficient (Wildman–Crippen LogP) is 5.48. The second-order valence-electron chi connectivity index (χ2n) is 7.16. The van der Waals surface area contributed by atoms with E-state index in [-0.39, 0.29) is 5.69 Å². The molecule has 0 aliphatic carbocycles. The Bertz CT molecular complexity index is 1240. The number of nitrogens with one attached hydrogen (secondary N) is 1. The monoisotopic (exact) mass is 421 g/mol. The fourth-order valence-electron chi connectivity index (χ4n) is 3.38. The molecule has 1 atom stereocenters. The van der Waals surface area contributed by atoms with Gasteiger partial charge in [0.1, 0.15) is 0 Å². The number of amides is 1. The van der Waals surface area contributed by atoms with Gasteiger partial charge in [0.05, 0.1) is 22.8 Å². The third kappa shape index (κ3) is 4.40. The maximum absolute atomic E-state index is 13.7. The summed E-state index contributed by atoms with van der Waals surface area (Å²) in [6.07, 6.45) is -1.70. The maximum Gasteiger partial charge on any atom is 0.418 e. The molecular weight excluding hydrogens is 403 g/mol. The van der Waals surface area contributed by atoms with E-state index in [1.165, 1.54) is 12.3 Å². The first-order chi connectivity index (χ1) is 14.8. The van der Waals surface area contributed by atoms with Crippen LogP contribution in [0.25, 0.3) is 10.9 Å². The Hall–Kier alpha value is -3.74. The first kappa shape index (κ1) is 20.5. The molecule has 0 fully saturated rings. The number of fused-ring (bicyclic) bond motifs is 1. The average Bonchev–Trinajstić information content (AvgIpc) is 2.77. The Morgan fingerprint density at radius 2 is 1.65 bits per heavy atom. The van der Waals surface area contributed by atoms with E-state index in [1.54, 1.807) is 54.7 Å². The van der Waals surface area contributed by atoms with Crippen LogP contribution in [0.15, 0.2) is 79.1 Å². The van der Waals surface area contributed by atoms with Gasteiger partial charge in [-0.15, -0.1) is 0 Å². The molecule has 2 aromatic heterocycles. The summed E-state index contributed by atoms with van der Waals surface area (Å²) in [7, 11) is 0. The van der Waals surface area contributed by atoms with Crippen LogP contribution in [-0.2, 0) is 6.18 Å². The SMILES string of the molecule is Cc1ccc(C(NC(=O)c2ccc3cccnc3c2)c2ncccc2C(F)(F)F)cc1. The molecular formula is C24H18F3N3O. The molecule has 2 aromatic carbocycles. The largest absolute Gasteiger partial charge is 0.418 e. The number of halogens is 3. The zero-order chi connectivity index (χ0) is 22.0. The lowest BCUT2D eigenvalue weighted by atomic mass is 9.97. The third-order valence-corrected chi connectivity index (χ3v) is 4.97. The average molecular weight is 421 g/mol. The second kappa shape index (κ2) is 8.18. The van der Waals surface area contributed by atoms with Crippen LogP contribution in [0.4, 0.5) is 13.2 Å². The molecule has 31 heavy (non-hydrogen) atoms. The Balaban J connectivity index is 1.76. The zero-order valence-corrected chi connectivity index (χ0v) is 16.5. The summed E-state index contributed by atoms with van der Waals surface area (Å²) in [4.78, 5) is 21.3. The predicted molar refractivity (Wildman–Crippen MR) is 111 cm³/mol. The molecule has 0 bridgehead atoms. The summed E-state index contributed by atoms with van der Waals surface area (Å²) >= 11 is 0. The Morgan fingerprint density at radius 3 is 2.39 bits per heavy atom. The molecule has 4 rings (SSSR count). The minimum atomic E-state index is -4.61. The van der Waals surface area contributed by atoms with E-state index in [2.05, 4.69) is 15.3 Å². The van der Waals surface area contributed by atoms with Crippen molar-refractivity contribution in [1.82, 2.24) is 15.3 Å². The van der Waals surface area contributed by atoms with Crippen LogP contribution in [0.3, 0.4) is 0 Å². The van der Waals surface area contributed by atoms with Crippen LogP contribution in [0.1, 0.15) is 38.8 Å². The van der Waals surface area contributed by atoms with Gasteiger partial charge in [-0.25, -0.2) is 0 Å². The number of carbonyl (C=O) groups excluding carboxylic acids is 1. The highest BCUT2D eigenvalue weighted by atomic mass is 19.4. The molecule has 4 aromatic rings. The molecule has 0 aliphatic heterocycles. The minimum absolute atomic E-state index is 0.258. The lowest BCUT2D eigenvalue weighted by Gasteiger charge is -2.22. The molecule has 0 aliphatic rings. The molecule has 2 heterocycles. The van der Waals surface area contributed by atoms with Crippen molar-refractivity contribution in [3.63, 3.8) is 0 Å². The van der Waals surface area contributed by atoms with E-state index in [1.807, 2.05) is 13.0 Å². The van der Waals surface area contributed by atoms with Crippen LogP contribution >= 0.6 is 0 Å². The zero-order valence-electron chi connectivity index (χ0n) is 16.5. The van der Waals surface area contributed by atoms with E-state index in [4.69, 9.17) is 0 Å². The van der Waals surface area contributed by atoms with Crippen LogP contribution in [0.2, 0.25) is 0 Å². The Labute approximate surface area is 176 Å². The van der Waals surface area contributed by atoms with Gasteiger partial charge in [-0.05, 0) is 42.8 Å². The lowest BCUT2D eigenvalue weighted by Crippen LogP contribution is -2.31. The summed E-state index contributed by atoms with van der Waals surface area (Å²) in [6, 6.07) is 16.7. The maximum atomic E-state index is 13.7. The van der Waals surface area contributed by atoms with Gasteiger partial charge in [-0.2, -0.15) is 13.2 Å². The standard InChI is InChI=1S/C24H18F3N3O/c1-15-6-8-17(9-7-15)21(22-19(24(25,26)27)5-3-13-29-22)30-23(31)18-11-10-16-4-2-12-28-20(16)14-18/h2-14,21H,1H3,(H,30,31). The summed E-state index contributed by atoms with van der Waals surface area (Å²) < 4.78 is 41.0. The molecule has 0 saturated heterocycles. The molecule has 0 radical (unpaired) electrons. The topological polar surface area (TPSA) is 54.9 Å². The first-order valence-electron chi connectivity index (χ1n) is 9.57. The van der Waals surface area contributed by atoms with E-state index < -0.39 is 23.7 Å². The van der Waals surface area contributed by atoms with Crippen molar-refractivity contribution in [2.75, 3.05) is 0 Å². The summed E-state index contributed by atoms with van der Waals surface area (Å²) in [6.45, 7) is 1.88. The first-order valence-corrected chi connectivity index (χ1v) is 9.57. The molecule has 156 valence electrons. The van der Waals surface area contributed by atoms with Gasteiger partial charge in [0.15, 0.2) is 0 Å². The molecule has 1 unspecified atom stereocenters. The van der Waals surface area contributed by atoms with E-state index in [9.17, 15) is 18.0 Å². The molecule has 4 nitrogen and oxygen atoms in total. The minimum Gasteiger partial charge on any atom is -0.340 e. The Kier molecular flexibility index (Phi) is 5.42. The van der Waals surface area contributed by atoms with Crippen molar-refractivity contribution < 1.29 is 18.0 Å². The second-order valence-corrected chi connectivity index (χ2v) is 7.16. The summed E-state index contributed by atoms with van der Waals surface area (Å²) in [5, 5.41) is 3.59. The normalized spacial score (nSPS) is 12.5. The van der Waals surface area contributed by atoms with Crippen LogP contribution in [0.5, 0.6) is 0 Å². The summed E-state index contributed by atoms with van der Waals surface area (Å²) in [5.74, 6) is -0.517. The molecule has 0 spiro atoms. The highest BCUT2D eigenvalue weighted by Gasteiger charge is 2.37. The number of benzene rings is 2. The Morgan fingerprint density at radius 1 is 0.935 bits per heavy atom. The van der Waals surface area contributed by atoms with Gasteiger partial charge in [0, 0.05) is 23.3 Å². The number of carbonyl (C=O) groups is 1. The smallest absolute Gasteiger partial charge is 0.340 e. The number of pyridine rings is 2. The fourth-order valence-corrected chi connectivity index (χ4v) is 3.38.